The summed E-state index contributed by atoms with van der Waals surface area (Å²) in [7, 11) is -4.01. The van der Waals surface area contributed by atoms with E-state index in [4.69, 9.17) is 24.3 Å². The fourth-order valence-electron chi connectivity index (χ4n) is 3.52. The van der Waals surface area contributed by atoms with Crippen molar-refractivity contribution in [3.05, 3.63) is 49.7 Å². The van der Waals surface area contributed by atoms with Crippen LogP contribution in [0, 0.1) is 0 Å². The molecule has 0 bridgehead atoms. The van der Waals surface area contributed by atoms with Gasteiger partial charge in [0.15, 0.2) is 0 Å². The van der Waals surface area contributed by atoms with E-state index in [1.807, 2.05) is 6.92 Å². The van der Waals surface area contributed by atoms with Crippen LogP contribution in [-0.2, 0) is 48.3 Å². The Morgan fingerprint density at radius 2 is 1.93 bits per heavy atom. The molecular weight excluding hydrogens is 656 g/mol. The number of esters is 1. The second kappa shape index (κ2) is 18.8. The third-order valence-electron chi connectivity index (χ3n) is 5.88. The number of imidazole rings is 1. The van der Waals surface area contributed by atoms with Gasteiger partial charge in [-0.25, -0.2) is 9.55 Å². The average Bonchev–Trinajstić information content (AvgIpc) is 3.37. The normalized spacial score (nSPS) is 14.6. The van der Waals surface area contributed by atoms with Crippen LogP contribution < -0.4 is 10.4 Å². The molecule has 0 fully saturated rings. The van der Waals surface area contributed by atoms with E-state index in [9.17, 15) is 9.36 Å². The van der Waals surface area contributed by atoms with Gasteiger partial charge in [0.05, 0.1) is 42.9 Å². The zero-order valence-corrected chi connectivity index (χ0v) is 27.2. The summed E-state index contributed by atoms with van der Waals surface area (Å²) in [4.78, 5) is 25.2. The molecule has 2 aromatic rings. The number of aromatic nitrogens is 4. The van der Waals surface area contributed by atoms with Crippen LogP contribution in [0.5, 0.6) is 0 Å². The van der Waals surface area contributed by atoms with Crippen LogP contribution in [0.3, 0.4) is 0 Å². The van der Waals surface area contributed by atoms with Gasteiger partial charge in [-0.15, -0.1) is 13.2 Å². The zero-order chi connectivity index (χ0) is 30.4. The van der Waals surface area contributed by atoms with Gasteiger partial charge in [-0.3, -0.25) is 9.32 Å². The number of hydrogen-bond acceptors (Lipinski definition) is 10. The minimum atomic E-state index is -4.01. The number of nitrogens with zero attached hydrogens (tertiary/aromatic N) is 4. The van der Waals surface area contributed by atoms with Crippen LogP contribution in [0.25, 0.3) is 16.9 Å². The molecule has 0 radical (unpaired) electrons. The molecule has 238 valence electrons. The Morgan fingerprint density at radius 1 is 1.21 bits per heavy atom. The second-order valence-electron chi connectivity index (χ2n) is 9.22. The van der Waals surface area contributed by atoms with Gasteiger partial charge < -0.3 is 39.6 Å². The van der Waals surface area contributed by atoms with E-state index in [0.29, 0.717) is 49.2 Å². The smallest absolute Gasteiger partial charge is 0.459 e. The minimum absolute atomic E-state index is 0. The maximum atomic E-state index is 13.6. The fraction of sp³-hybridized carbons (Fsp3) is 0.556. The molecule has 4 unspecified atom stereocenters. The number of fused-ring (bicyclic) bond motifs is 1. The Morgan fingerprint density at radius 3 is 2.57 bits per heavy atom. The molecule has 13 nitrogen and oxygen atoms in total. The molecule has 0 spiro atoms. The SMILES string of the molecule is C=CCCCOC(=O)C(C)NP(=O)(OCC(CC)OC(C)n1cnc2c(NCCC=C)nc([NH-])nc21)OC(=C)CC.[Pd]. The Hall–Kier alpha value is -2.59. The number of rotatable bonds is 21. The van der Waals surface area contributed by atoms with Crippen LogP contribution in [0.1, 0.15) is 66.0 Å². The first-order chi connectivity index (χ1) is 19.6. The number of anilines is 1. The van der Waals surface area contributed by atoms with Crippen molar-refractivity contribution >= 4 is 36.6 Å². The summed E-state index contributed by atoms with van der Waals surface area (Å²) < 4.78 is 38.0. The number of carbonyl (C=O) groups is 1. The molecule has 2 aromatic heterocycles. The topological polar surface area (TPSA) is 163 Å². The predicted octanol–water partition coefficient (Wildman–Crippen LogP) is 6.36. The van der Waals surface area contributed by atoms with Crippen LogP contribution >= 0.6 is 7.75 Å². The van der Waals surface area contributed by atoms with Crippen molar-refractivity contribution in [2.45, 2.75) is 78.2 Å². The summed E-state index contributed by atoms with van der Waals surface area (Å²) in [6.45, 7) is 18.8. The van der Waals surface area contributed by atoms with Crippen molar-refractivity contribution in [1.82, 2.24) is 24.6 Å². The molecule has 0 aromatic carbocycles. The first-order valence-corrected chi connectivity index (χ1v) is 15.2. The van der Waals surface area contributed by atoms with E-state index in [2.05, 4.69) is 45.1 Å². The maximum absolute atomic E-state index is 13.6. The van der Waals surface area contributed by atoms with E-state index in [-0.39, 0.29) is 45.3 Å². The fourth-order valence-corrected chi connectivity index (χ4v) is 5.11. The Balaban J connectivity index is 0.00000882. The van der Waals surface area contributed by atoms with Crippen molar-refractivity contribution in [3.8, 4) is 0 Å². The van der Waals surface area contributed by atoms with Crippen molar-refractivity contribution in [2.24, 2.45) is 0 Å². The summed E-state index contributed by atoms with van der Waals surface area (Å²) >= 11 is 0. The largest absolute Gasteiger partial charge is 0.465 e. The zero-order valence-electron chi connectivity index (χ0n) is 24.7. The van der Waals surface area contributed by atoms with Crippen molar-refractivity contribution in [3.63, 3.8) is 0 Å². The summed E-state index contributed by atoms with van der Waals surface area (Å²) in [5.41, 5.74) is 8.97. The number of allylic oxidation sites excluding steroid dienone is 2. The summed E-state index contributed by atoms with van der Waals surface area (Å²) in [5, 5.41) is 5.81. The number of nitrogens with one attached hydrogen (secondary N) is 3. The van der Waals surface area contributed by atoms with Crippen molar-refractivity contribution < 1.29 is 48.3 Å². The van der Waals surface area contributed by atoms with Gasteiger partial charge >= 0.3 is 13.7 Å². The monoisotopic (exact) mass is 698 g/mol. The molecular formula is C27H43N7O6PPd-. The van der Waals surface area contributed by atoms with Crippen LogP contribution in [0.2, 0.25) is 0 Å². The van der Waals surface area contributed by atoms with Gasteiger partial charge in [-0.1, -0.05) is 32.6 Å². The molecule has 2 rings (SSSR count). The van der Waals surface area contributed by atoms with Gasteiger partial charge in [0.2, 0.25) is 0 Å². The quantitative estimate of drug-likeness (QED) is 0.0372. The van der Waals surface area contributed by atoms with E-state index in [1.54, 1.807) is 36.9 Å². The van der Waals surface area contributed by atoms with Gasteiger partial charge in [-0.2, -0.15) is 5.09 Å². The van der Waals surface area contributed by atoms with Gasteiger partial charge in [0.25, 0.3) is 0 Å². The molecule has 0 saturated heterocycles. The molecule has 0 aliphatic heterocycles. The predicted molar refractivity (Wildman–Crippen MR) is 160 cm³/mol. The van der Waals surface area contributed by atoms with E-state index >= 15 is 0 Å². The van der Waals surface area contributed by atoms with E-state index in [0.717, 1.165) is 6.42 Å². The van der Waals surface area contributed by atoms with Gasteiger partial charge in [-0.05, 0) is 39.5 Å². The van der Waals surface area contributed by atoms with E-state index in [1.165, 1.54) is 6.92 Å². The first-order valence-electron chi connectivity index (χ1n) is 13.7. The van der Waals surface area contributed by atoms with Crippen molar-refractivity contribution in [1.29, 1.82) is 0 Å². The van der Waals surface area contributed by atoms with Crippen molar-refractivity contribution in [2.75, 3.05) is 25.1 Å². The number of carbonyl (C=O) groups excluding carboxylic acids is 1. The molecule has 0 aliphatic rings. The van der Waals surface area contributed by atoms with Crippen LogP contribution in [0.15, 0.2) is 44.0 Å². The minimum Gasteiger partial charge on any atom is -0.465 e. The molecule has 2 heterocycles. The molecule has 0 saturated carbocycles. The van der Waals surface area contributed by atoms with Gasteiger partial charge in [0.1, 0.15) is 17.8 Å². The standard InChI is InChI=1S/C27H43N7O6P.Pd/c1-8-12-14-16-37-26(35)20(6)33-41(36,40-19(5)10-3)38-17-22(11-4)39-21(7)34-18-30-23-24(29-15-13-9-2)31-27(28)32-25(23)34;/h8-9,18,20-22H,1-2,5,10-17H2,3-4,6-7H3,(H3-,28,29,31,32,33,36);/q-1;. The average molecular weight is 699 g/mol. The molecule has 0 amide bonds. The maximum Gasteiger partial charge on any atom is 0.459 e. The second-order valence-corrected chi connectivity index (χ2v) is 10.9. The van der Waals surface area contributed by atoms with E-state index < -0.39 is 32.1 Å². The number of hydrogen-bond donors (Lipinski definition) is 2. The number of unbranched alkanes of at least 4 members (excludes halogenated alkanes) is 1. The Labute approximate surface area is 262 Å². The molecule has 3 N–H and O–H groups in total. The molecule has 15 heteroatoms. The third kappa shape index (κ3) is 11.6. The molecule has 4 atom stereocenters. The van der Waals surface area contributed by atoms with Gasteiger partial charge in [0, 0.05) is 39.3 Å². The molecule has 0 aliphatic carbocycles. The number of ether oxygens (including phenoxy) is 2. The third-order valence-corrected chi connectivity index (χ3v) is 7.57. The van der Waals surface area contributed by atoms with Crippen LogP contribution in [0.4, 0.5) is 11.8 Å². The Bertz CT molecular complexity index is 1230. The summed E-state index contributed by atoms with van der Waals surface area (Å²) in [5.74, 6) is -0.0435. The Kier molecular flexibility index (Phi) is 16.8. The summed E-state index contributed by atoms with van der Waals surface area (Å²) in [6, 6.07) is -0.959. The first kappa shape index (κ1) is 37.4. The summed E-state index contributed by atoms with van der Waals surface area (Å²) in [6.07, 6.45) is 7.01. The van der Waals surface area contributed by atoms with Crippen LogP contribution in [-0.4, -0.2) is 57.4 Å². The molecule has 42 heavy (non-hydrogen) atoms.